The highest BCUT2D eigenvalue weighted by Gasteiger charge is 2.32. The standard InChI is InChI=1S/C15H19F2NO2/c1-9(2)18-6-7-20-12(8-18)15(19)13-11(16)5-4-10(3)14(13)17/h4-5,9,12H,6-8H2,1-3H3. The van der Waals surface area contributed by atoms with Gasteiger partial charge in [-0.2, -0.15) is 0 Å². The minimum absolute atomic E-state index is 0.256. The molecular weight excluding hydrogens is 264 g/mol. The Morgan fingerprint density at radius 1 is 1.40 bits per heavy atom. The fourth-order valence-corrected chi connectivity index (χ4v) is 2.34. The van der Waals surface area contributed by atoms with Gasteiger partial charge in [0.05, 0.1) is 12.2 Å². The Hall–Kier alpha value is -1.33. The van der Waals surface area contributed by atoms with Gasteiger partial charge in [-0.15, -0.1) is 0 Å². The number of ketones is 1. The normalized spacial score (nSPS) is 20.4. The van der Waals surface area contributed by atoms with Crippen LogP contribution in [0, 0.1) is 18.6 Å². The van der Waals surface area contributed by atoms with E-state index in [1.165, 1.54) is 13.0 Å². The predicted octanol–water partition coefficient (Wildman–Crippen LogP) is 2.57. The summed E-state index contributed by atoms with van der Waals surface area (Å²) in [5, 5.41) is 0. The van der Waals surface area contributed by atoms with Crippen LogP contribution in [-0.4, -0.2) is 42.5 Å². The van der Waals surface area contributed by atoms with Crippen LogP contribution in [0.4, 0.5) is 8.78 Å². The zero-order valence-electron chi connectivity index (χ0n) is 12.0. The average molecular weight is 283 g/mol. The highest BCUT2D eigenvalue weighted by Crippen LogP contribution is 2.21. The second-order valence-corrected chi connectivity index (χ2v) is 5.37. The van der Waals surface area contributed by atoms with Crippen molar-refractivity contribution in [2.24, 2.45) is 0 Å². The lowest BCUT2D eigenvalue weighted by atomic mass is 10.0. The van der Waals surface area contributed by atoms with Crippen molar-refractivity contribution in [2.45, 2.75) is 32.9 Å². The molecule has 1 unspecified atom stereocenters. The van der Waals surface area contributed by atoms with Gasteiger partial charge in [-0.1, -0.05) is 6.07 Å². The molecule has 1 aliphatic heterocycles. The van der Waals surface area contributed by atoms with E-state index in [-0.39, 0.29) is 11.6 Å². The molecule has 2 rings (SSSR count). The fourth-order valence-electron chi connectivity index (χ4n) is 2.34. The fraction of sp³-hybridized carbons (Fsp3) is 0.533. The van der Waals surface area contributed by atoms with E-state index < -0.39 is 29.1 Å². The lowest BCUT2D eigenvalue weighted by Crippen LogP contribution is -2.49. The largest absolute Gasteiger partial charge is 0.367 e. The SMILES string of the molecule is Cc1ccc(F)c(C(=O)C2CN(C(C)C)CCO2)c1F. The van der Waals surface area contributed by atoms with Gasteiger partial charge in [0.2, 0.25) is 0 Å². The summed E-state index contributed by atoms with van der Waals surface area (Å²) in [5.74, 6) is -2.24. The number of hydrogen-bond donors (Lipinski definition) is 0. The lowest BCUT2D eigenvalue weighted by molar-refractivity contribution is -0.0259. The number of benzene rings is 1. The molecule has 20 heavy (non-hydrogen) atoms. The number of morpholine rings is 1. The monoisotopic (exact) mass is 283 g/mol. The van der Waals surface area contributed by atoms with Crippen molar-refractivity contribution in [3.05, 3.63) is 34.9 Å². The van der Waals surface area contributed by atoms with Crippen LogP contribution in [0.5, 0.6) is 0 Å². The molecule has 0 radical (unpaired) electrons. The highest BCUT2D eigenvalue weighted by atomic mass is 19.1. The van der Waals surface area contributed by atoms with E-state index in [1.807, 2.05) is 13.8 Å². The molecular formula is C15H19F2NO2. The van der Waals surface area contributed by atoms with Crippen molar-refractivity contribution in [3.63, 3.8) is 0 Å². The highest BCUT2D eigenvalue weighted by molar-refractivity contribution is 6.00. The van der Waals surface area contributed by atoms with E-state index in [0.717, 1.165) is 12.6 Å². The molecule has 0 amide bonds. The molecule has 0 saturated carbocycles. The minimum Gasteiger partial charge on any atom is -0.367 e. The molecule has 1 aromatic carbocycles. The van der Waals surface area contributed by atoms with Crippen molar-refractivity contribution >= 4 is 5.78 Å². The Morgan fingerprint density at radius 2 is 2.10 bits per heavy atom. The maximum Gasteiger partial charge on any atom is 0.198 e. The molecule has 0 bridgehead atoms. The van der Waals surface area contributed by atoms with Gasteiger partial charge in [-0.3, -0.25) is 9.69 Å². The third-order valence-electron chi connectivity index (χ3n) is 3.65. The summed E-state index contributed by atoms with van der Waals surface area (Å²) in [7, 11) is 0. The van der Waals surface area contributed by atoms with E-state index in [1.54, 1.807) is 0 Å². The molecule has 1 saturated heterocycles. The van der Waals surface area contributed by atoms with Crippen LogP contribution in [0.2, 0.25) is 0 Å². The first-order chi connectivity index (χ1) is 9.41. The van der Waals surface area contributed by atoms with Crippen molar-refractivity contribution in [1.82, 2.24) is 4.90 Å². The number of nitrogens with zero attached hydrogens (tertiary/aromatic N) is 1. The van der Waals surface area contributed by atoms with Crippen molar-refractivity contribution in [1.29, 1.82) is 0 Å². The number of rotatable bonds is 3. The maximum atomic E-state index is 14.0. The molecule has 0 aliphatic carbocycles. The Morgan fingerprint density at radius 3 is 2.75 bits per heavy atom. The van der Waals surface area contributed by atoms with E-state index >= 15 is 0 Å². The van der Waals surface area contributed by atoms with Crippen LogP contribution in [0.15, 0.2) is 12.1 Å². The molecule has 0 N–H and O–H groups in total. The quantitative estimate of drug-likeness (QED) is 0.799. The zero-order valence-corrected chi connectivity index (χ0v) is 12.0. The third kappa shape index (κ3) is 2.88. The Kier molecular flexibility index (Phi) is 4.50. The minimum atomic E-state index is -0.830. The molecule has 3 nitrogen and oxygen atoms in total. The van der Waals surface area contributed by atoms with Crippen molar-refractivity contribution in [2.75, 3.05) is 19.7 Å². The molecule has 1 atom stereocenters. The molecule has 110 valence electrons. The number of halogens is 2. The number of carbonyl (C=O) groups excluding carboxylic acids is 1. The third-order valence-corrected chi connectivity index (χ3v) is 3.65. The molecule has 0 aromatic heterocycles. The van der Waals surface area contributed by atoms with E-state index in [2.05, 4.69) is 4.90 Å². The van der Waals surface area contributed by atoms with Gasteiger partial charge in [-0.25, -0.2) is 8.78 Å². The summed E-state index contributed by atoms with van der Waals surface area (Å²) in [6, 6.07) is 2.71. The van der Waals surface area contributed by atoms with Gasteiger partial charge in [0.1, 0.15) is 17.7 Å². The van der Waals surface area contributed by atoms with Crippen LogP contribution in [0.25, 0.3) is 0 Å². The average Bonchev–Trinajstić information content (AvgIpc) is 2.43. The van der Waals surface area contributed by atoms with Crippen LogP contribution >= 0.6 is 0 Å². The first-order valence-electron chi connectivity index (χ1n) is 6.76. The number of ether oxygens (including phenoxy) is 1. The summed E-state index contributed by atoms with van der Waals surface area (Å²) in [6.45, 7) is 7.02. The summed E-state index contributed by atoms with van der Waals surface area (Å²) >= 11 is 0. The lowest BCUT2D eigenvalue weighted by Gasteiger charge is -2.34. The molecule has 1 fully saturated rings. The van der Waals surface area contributed by atoms with Gasteiger partial charge in [0.15, 0.2) is 5.78 Å². The summed E-state index contributed by atoms with van der Waals surface area (Å²) < 4.78 is 33.2. The van der Waals surface area contributed by atoms with Crippen LogP contribution in [0.1, 0.15) is 29.8 Å². The first-order valence-corrected chi connectivity index (χ1v) is 6.76. The predicted molar refractivity (Wildman–Crippen MR) is 71.9 cm³/mol. The molecule has 5 heteroatoms. The first kappa shape index (κ1) is 15.1. The smallest absolute Gasteiger partial charge is 0.198 e. The van der Waals surface area contributed by atoms with E-state index in [0.29, 0.717) is 13.2 Å². The topological polar surface area (TPSA) is 29.5 Å². The molecule has 0 spiro atoms. The second-order valence-electron chi connectivity index (χ2n) is 5.37. The van der Waals surface area contributed by atoms with Gasteiger partial charge >= 0.3 is 0 Å². The van der Waals surface area contributed by atoms with Gasteiger partial charge < -0.3 is 4.74 Å². The summed E-state index contributed by atoms with van der Waals surface area (Å²) in [6.07, 6.45) is -0.808. The van der Waals surface area contributed by atoms with E-state index in [4.69, 9.17) is 4.74 Å². The van der Waals surface area contributed by atoms with Crippen LogP contribution < -0.4 is 0 Å². The number of carbonyl (C=O) groups is 1. The Bertz CT molecular complexity index is 517. The number of Topliss-reactive ketones (excluding diaryl/α,β-unsaturated/α-hetero) is 1. The summed E-state index contributed by atoms with van der Waals surface area (Å²) in [5.41, 5.74) is -0.230. The van der Waals surface area contributed by atoms with Crippen LogP contribution in [0.3, 0.4) is 0 Å². The van der Waals surface area contributed by atoms with Gasteiger partial charge in [0, 0.05) is 19.1 Å². The second kappa shape index (κ2) is 5.97. The Balaban J connectivity index is 2.25. The van der Waals surface area contributed by atoms with Gasteiger partial charge in [0.25, 0.3) is 0 Å². The number of hydrogen-bond acceptors (Lipinski definition) is 3. The van der Waals surface area contributed by atoms with Gasteiger partial charge in [-0.05, 0) is 32.4 Å². The van der Waals surface area contributed by atoms with Crippen LogP contribution in [-0.2, 0) is 4.74 Å². The maximum absolute atomic E-state index is 14.0. The molecule has 1 heterocycles. The van der Waals surface area contributed by atoms with Crippen molar-refractivity contribution < 1.29 is 18.3 Å². The zero-order chi connectivity index (χ0) is 14.9. The summed E-state index contributed by atoms with van der Waals surface area (Å²) in [4.78, 5) is 14.4. The Labute approximate surface area is 117 Å². The van der Waals surface area contributed by atoms with E-state index in [9.17, 15) is 13.6 Å². The molecule has 1 aromatic rings. The van der Waals surface area contributed by atoms with Crippen molar-refractivity contribution in [3.8, 4) is 0 Å². The molecule has 1 aliphatic rings. The number of aryl methyl sites for hydroxylation is 1.